The van der Waals surface area contributed by atoms with Gasteiger partial charge in [-0.3, -0.25) is 0 Å². The maximum absolute atomic E-state index is 15.0. The zero-order chi connectivity index (χ0) is 29.6. The Morgan fingerprint density at radius 3 is 2.62 bits per heavy atom. The number of ether oxygens (including phenoxy) is 4. The van der Waals surface area contributed by atoms with Crippen molar-refractivity contribution in [2.24, 2.45) is 15.3 Å². The van der Waals surface area contributed by atoms with Crippen molar-refractivity contribution in [3.05, 3.63) is 46.1 Å². The minimum atomic E-state index is -2.67. The van der Waals surface area contributed by atoms with Crippen LogP contribution in [0.15, 0.2) is 27.6 Å². The van der Waals surface area contributed by atoms with E-state index in [1.165, 1.54) is 6.26 Å². The van der Waals surface area contributed by atoms with Gasteiger partial charge in [0, 0.05) is 33.9 Å². The van der Waals surface area contributed by atoms with Crippen molar-refractivity contribution in [2.45, 2.75) is 50.3 Å². The number of aliphatic imine (C=N–C) groups is 1. The molecular weight excluding hydrogens is 594 g/mol. The average molecular weight is 627 g/mol. The van der Waals surface area contributed by atoms with Crippen molar-refractivity contribution in [1.82, 2.24) is 9.88 Å². The van der Waals surface area contributed by atoms with Crippen LogP contribution in [0.3, 0.4) is 0 Å². The molecule has 42 heavy (non-hydrogen) atoms. The van der Waals surface area contributed by atoms with Crippen molar-refractivity contribution in [2.75, 3.05) is 45.4 Å². The number of benzene rings is 1. The van der Waals surface area contributed by atoms with Crippen molar-refractivity contribution < 1.29 is 37.0 Å². The standard InChI is InChI=1S/C28H33ClF2N4O6S/c1-35-5-3-15(4-6-35)14-42(2,37)34-16-7-19(30)17(20(31)8-16)11-40-28-18(29)9-21-22(33-28)10-25(32-21)41-24-13-39-26-23(36)12-38-27(24)26/h7-9,15,23-24,26-27,36H,3-6,10-14H2,1-2H3/t23-,24-,26-,27-,42?/m1/s1. The molecule has 0 spiro atoms. The second-order valence-corrected chi connectivity index (χ2v) is 14.2. The molecule has 228 valence electrons. The monoisotopic (exact) mass is 626 g/mol. The van der Waals surface area contributed by atoms with E-state index in [9.17, 15) is 18.1 Å². The first-order valence-corrected chi connectivity index (χ1v) is 16.4. The number of likely N-dealkylation sites (tertiary alicyclic amines) is 1. The summed E-state index contributed by atoms with van der Waals surface area (Å²) in [6.45, 7) is 1.85. The maximum atomic E-state index is 15.0. The summed E-state index contributed by atoms with van der Waals surface area (Å²) in [5.74, 6) is -0.681. The molecule has 3 saturated heterocycles. The van der Waals surface area contributed by atoms with Crippen molar-refractivity contribution in [3.8, 4) is 5.88 Å². The molecule has 10 nitrogen and oxygen atoms in total. The minimum absolute atomic E-state index is 0.000600. The van der Waals surface area contributed by atoms with Gasteiger partial charge in [-0.05, 0) is 45.0 Å². The molecule has 0 aliphatic carbocycles. The highest BCUT2D eigenvalue weighted by Gasteiger charge is 2.49. The van der Waals surface area contributed by atoms with Gasteiger partial charge in [-0.2, -0.15) is 4.36 Å². The second-order valence-electron chi connectivity index (χ2n) is 11.4. The van der Waals surface area contributed by atoms with E-state index in [2.05, 4.69) is 26.3 Å². The van der Waals surface area contributed by atoms with Crippen LogP contribution in [-0.4, -0.2) is 94.9 Å². The van der Waals surface area contributed by atoms with Gasteiger partial charge in [-0.1, -0.05) is 11.6 Å². The zero-order valence-electron chi connectivity index (χ0n) is 23.3. The molecule has 14 heteroatoms. The van der Waals surface area contributed by atoms with E-state index in [-0.39, 0.29) is 53.8 Å². The predicted molar refractivity (Wildman–Crippen MR) is 152 cm³/mol. The fourth-order valence-corrected chi connectivity index (χ4v) is 7.81. The Balaban J connectivity index is 1.09. The largest absolute Gasteiger partial charge is 0.472 e. The van der Waals surface area contributed by atoms with Gasteiger partial charge >= 0.3 is 0 Å². The first kappa shape index (κ1) is 29.6. The van der Waals surface area contributed by atoms with Gasteiger partial charge in [-0.25, -0.2) is 23.0 Å². The third-order valence-corrected chi connectivity index (χ3v) is 9.95. The third kappa shape index (κ3) is 6.41. The average Bonchev–Trinajstić information content (AvgIpc) is 3.61. The maximum Gasteiger partial charge on any atom is 0.233 e. The Hall–Kier alpha value is -2.42. The number of aliphatic hydroxyl groups is 1. The van der Waals surface area contributed by atoms with E-state index in [4.69, 9.17) is 30.5 Å². The summed E-state index contributed by atoms with van der Waals surface area (Å²) in [7, 11) is -0.614. The van der Waals surface area contributed by atoms with Crippen molar-refractivity contribution >= 4 is 38.6 Å². The van der Waals surface area contributed by atoms with Crippen LogP contribution < -0.4 is 4.74 Å². The molecule has 0 radical (unpaired) electrons. The van der Waals surface area contributed by atoms with E-state index in [1.54, 1.807) is 6.07 Å². The lowest BCUT2D eigenvalue weighted by Crippen LogP contribution is -2.34. The lowest BCUT2D eigenvalue weighted by Gasteiger charge is -2.29. The SMILES string of the molecule is CN1CCC(CS(C)(=O)=Nc2cc(F)c(COc3nc4c(cc3Cl)N=C(O[C@@H]3CO[C@H]5[C@@H]3OC[C@H]5O)C4)c(F)c2)CC1. The number of piperidine rings is 1. The van der Waals surface area contributed by atoms with E-state index in [0.29, 0.717) is 23.0 Å². The summed E-state index contributed by atoms with van der Waals surface area (Å²) in [6, 6.07) is 3.69. The van der Waals surface area contributed by atoms with Gasteiger partial charge in [-0.15, -0.1) is 0 Å². The Labute approximate surface area is 248 Å². The van der Waals surface area contributed by atoms with Crippen LogP contribution in [0.4, 0.5) is 20.2 Å². The Morgan fingerprint density at radius 1 is 1.17 bits per heavy atom. The normalized spacial score (nSPS) is 27.3. The van der Waals surface area contributed by atoms with Crippen molar-refractivity contribution in [1.29, 1.82) is 0 Å². The lowest BCUT2D eigenvalue weighted by molar-refractivity contribution is 0.00558. The van der Waals surface area contributed by atoms with Crippen LogP contribution in [0, 0.1) is 17.6 Å². The number of aromatic nitrogens is 1. The molecular formula is C28H33ClF2N4O6S. The van der Waals surface area contributed by atoms with E-state index >= 15 is 0 Å². The van der Waals surface area contributed by atoms with Gasteiger partial charge in [0.1, 0.15) is 41.6 Å². The molecule has 0 bridgehead atoms. The van der Waals surface area contributed by atoms with E-state index in [1.807, 2.05) is 0 Å². The topological polar surface area (TPSA) is 115 Å². The first-order valence-electron chi connectivity index (χ1n) is 13.9. The molecule has 0 amide bonds. The van der Waals surface area contributed by atoms with Crippen LogP contribution >= 0.6 is 11.6 Å². The van der Waals surface area contributed by atoms with E-state index < -0.39 is 46.3 Å². The van der Waals surface area contributed by atoms with Crippen LogP contribution in [0.2, 0.25) is 5.02 Å². The molecule has 3 fully saturated rings. The zero-order valence-corrected chi connectivity index (χ0v) is 24.9. The summed E-state index contributed by atoms with van der Waals surface area (Å²) in [4.78, 5) is 11.1. The number of fused-ring (bicyclic) bond motifs is 2. The number of nitrogens with zero attached hydrogens (tertiary/aromatic N) is 4. The van der Waals surface area contributed by atoms with Gasteiger partial charge < -0.3 is 29.0 Å². The molecule has 5 heterocycles. The van der Waals surface area contributed by atoms with Gasteiger partial charge in [0.25, 0.3) is 0 Å². The fraction of sp³-hybridized carbons (Fsp3) is 0.571. The van der Waals surface area contributed by atoms with Crippen molar-refractivity contribution in [3.63, 3.8) is 0 Å². The van der Waals surface area contributed by atoms with Gasteiger partial charge in [0.05, 0.1) is 42.3 Å². The van der Waals surface area contributed by atoms with Crippen LogP contribution in [0.1, 0.15) is 24.1 Å². The highest BCUT2D eigenvalue weighted by atomic mass is 35.5. The minimum Gasteiger partial charge on any atom is -0.472 e. The summed E-state index contributed by atoms with van der Waals surface area (Å²) in [5.41, 5.74) is 0.700. The van der Waals surface area contributed by atoms with Gasteiger partial charge in [0.15, 0.2) is 12.0 Å². The smallest absolute Gasteiger partial charge is 0.233 e. The van der Waals surface area contributed by atoms with Gasteiger partial charge in [0.2, 0.25) is 5.88 Å². The lowest BCUT2D eigenvalue weighted by atomic mass is 10.00. The molecule has 4 aliphatic rings. The molecule has 4 aliphatic heterocycles. The van der Waals surface area contributed by atoms with Crippen LogP contribution in [-0.2, 0) is 37.0 Å². The highest BCUT2D eigenvalue weighted by molar-refractivity contribution is 7.93. The first-order chi connectivity index (χ1) is 20.0. The van der Waals surface area contributed by atoms with E-state index in [0.717, 1.165) is 38.1 Å². The highest BCUT2D eigenvalue weighted by Crippen LogP contribution is 2.36. The van der Waals surface area contributed by atoms with Crippen LogP contribution in [0.5, 0.6) is 5.88 Å². The molecule has 2 aromatic rings. The number of halogens is 3. The molecule has 1 unspecified atom stereocenters. The molecule has 6 rings (SSSR count). The Morgan fingerprint density at radius 2 is 1.88 bits per heavy atom. The number of pyridine rings is 1. The second kappa shape index (κ2) is 11.9. The fourth-order valence-electron chi connectivity index (χ4n) is 5.78. The molecule has 0 saturated carbocycles. The quantitative estimate of drug-likeness (QED) is 0.494. The Kier molecular flexibility index (Phi) is 8.42. The molecule has 5 atom stereocenters. The molecule has 1 aromatic carbocycles. The number of rotatable bonds is 7. The number of hydrogen-bond donors (Lipinski definition) is 1. The number of aliphatic hydroxyl groups excluding tert-OH is 1. The third-order valence-electron chi connectivity index (χ3n) is 7.99. The number of hydrogen-bond acceptors (Lipinski definition) is 10. The molecule has 1 N–H and O–H groups in total. The predicted octanol–water partition coefficient (Wildman–Crippen LogP) is 3.79. The summed E-state index contributed by atoms with van der Waals surface area (Å²) in [6.07, 6.45) is 1.73. The summed E-state index contributed by atoms with van der Waals surface area (Å²) < 4.78 is 70.1. The Bertz CT molecular complexity index is 1490. The summed E-state index contributed by atoms with van der Waals surface area (Å²) in [5, 5.41) is 10.1. The summed E-state index contributed by atoms with van der Waals surface area (Å²) >= 11 is 6.34. The molecule has 1 aromatic heterocycles. The van der Waals surface area contributed by atoms with Crippen LogP contribution in [0.25, 0.3) is 0 Å².